The zero-order chi connectivity index (χ0) is 45.3. The third-order valence-corrected chi connectivity index (χ3v) is 18.5. The molecule has 0 radical (unpaired) electrons. The molecule has 1 fully saturated rings. The maximum absolute atomic E-state index is 2.91. The van der Waals surface area contributed by atoms with E-state index < -0.39 is 0 Å². The zero-order valence-corrected chi connectivity index (χ0v) is 40.4. The highest BCUT2D eigenvalue weighted by Gasteiger charge is 2.64. The van der Waals surface area contributed by atoms with Gasteiger partial charge in [-0.2, -0.15) is 0 Å². The number of aryl methyl sites for hydroxylation is 3. The Labute approximate surface area is 393 Å². The summed E-state index contributed by atoms with van der Waals surface area (Å²) >= 11 is 0. The Morgan fingerprint density at radius 1 is 0.515 bits per heavy atom. The van der Waals surface area contributed by atoms with Gasteiger partial charge in [0.15, 0.2) is 0 Å². The predicted molar refractivity (Wildman–Crippen MR) is 280 cm³/mol. The van der Waals surface area contributed by atoms with Crippen LogP contribution < -0.4 is 31.1 Å². The van der Waals surface area contributed by atoms with Gasteiger partial charge in [-0.15, -0.1) is 0 Å². The van der Waals surface area contributed by atoms with Gasteiger partial charge in [0, 0.05) is 50.6 Å². The summed E-state index contributed by atoms with van der Waals surface area (Å²) in [6.45, 7) is 22.2. The molecule has 0 spiro atoms. The molecule has 1 saturated carbocycles. The first-order valence-corrected chi connectivity index (χ1v) is 24.9. The van der Waals surface area contributed by atoms with Gasteiger partial charge in [-0.05, 0) is 157 Å². The topological polar surface area (TPSA) is 9.72 Å². The summed E-state index contributed by atoms with van der Waals surface area (Å²) in [6.07, 6.45) is 7.00. The van der Waals surface area contributed by atoms with Crippen LogP contribution in [0.25, 0.3) is 11.1 Å². The fourth-order valence-corrected chi connectivity index (χ4v) is 14.5. The lowest BCUT2D eigenvalue weighted by Gasteiger charge is -2.54. The van der Waals surface area contributed by atoms with Crippen LogP contribution in [0, 0.1) is 13.8 Å². The molecule has 6 aliphatic rings. The van der Waals surface area contributed by atoms with Gasteiger partial charge in [-0.25, -0.2) is 0 Å². The lowest BCUT2D eigenvalue weighted by molar-refractivity contribution is 0.195. The quantitative estimate of drug-likeness (QED) is 0.164. The largest absolute Gasteiger partial charge is 0.334 e. The summed E-state index contributed by atoms with van der Waals surface area (Å²) in [4.78, 5) is 8.38. The van der Waals surface area contributed by atoms with E-state index in [2.05, 4.69) is 217 Å². The molecule has 4 unspecified atom stereocenters. The predicted octanol–water partition coefficient (Wildman–Crippen LogP) is 13.9. The average molecular weight is 860 g/mol. The van der Waals surface area contributed by atoms with Crippen molar-refractivity contribution in [3.8, 4) is 11.1 Å². The van der Waals surface area contributed by atoms with E-state index in [0.717, 1.165) is 19.3 Å². The number of benzene rings is 7. The van der Waals surface area contributed by atoms with Crippen molar-refractivity contribution in [2.45, 2.75) is 128 Å². The Morgan fingerprint density at radius 3 is 2.02 bits per heavy atom. The van der Waals surface area contributed by atoms with Crippen LogP contribution >= 0.6 is 0 Å². The third kappa shape index (κ3) is 5.01. The molecule has 0 N–H and O–H groups in total. The third-order valence-electron chi connectivity index (χ3n) is 18.5. The van der Waals surface area contributed by atoms with E-state index in [4.69, 9.17) is 0 Å². The monoisotopic (exact) mass is 860 g/mol. The highest BCUT2D eigenvalue weighted by Crippen LogP contribution is 2.66. The number of rotatable bonds is 3. The smallest absolute Gasteiger partial charge is 0.252 e. The minimum atomic E-state index is -0.328. The van der Waals surface area contributed by atoms with E-state index >= 15 is 0 Å². The maximum atomic E-state index is 2.91. The number of fused-ring (bicyclic) bond motifs is 12. The molecule has 0 saturated heterocycles. The van der Waals surface area contributed by atoms with Crippen LogP contribution in [0.3, 0.4) is 0 Å². The molecule has 328 valence electrons. The highest BCUT2D eigenvalue weighted by atomic mass is 15.3. The summed E-state index contributed by atoms with van der Waals surface area (Å²) in [5.41, 5.74) is 25.6. The first-order chi connectivity index (χ1) is 31.7. The Morgan fingerprint density at radius 2 is 1.23 bits per heavy atom. The standard InChI is InChI=1S/C62H62BN3/c1-39-21-25-45(26-22-39)64-53-27-23-40(2)33-50(53)63-51-36-44(58(3,4)5)35-49-57(51)66(62(9)47-20-14-13-19-42(47)29-32-60(49,62)7)55-38-46(37-54(64)56(55)63)65-52-28-24-43(41-17-11-10-12-18-41)34-48(52)59(6)30-15-16-31-61(59,65)8/h10-14,17-28,33-38H,15-16,29-32H2,1-9H3. The number of hydrogen-bond acceptors (Lipinski definition) is 3. The van der Waals surface area contributed by atoms with Gasteiger partial charge in [0.2, 0.25) is 0 Å². The minimum absolute atomic E-state index is 0.0190. The van der Waals surface area contributed by atoms with E-state index in [1.807, 2.05) is 0 Å². The Hall–Kier alpha value is -6.00. The summed E-state index contributed by atoms with van der Waals surface area (Å²) in [5.74, 6) is 0. The molecule has 4 aliphatic heterocycles. The minimum Gasteiger partial charge on any atom is -0.334 e. The van der Waals surface area contributed by atoms with Crippen molar-refractivity contribution in [1.82, 2.24) is 0 Å². The van der Waals surface area contributed by atoms with E-state index in [-0.39, 0.29) is 34.0 Å². The second kappa shape index (κ2) is 13.3. The van der Waals surface area contributed by atoms with Crippen molar-refractivity contribution >= 4 is 62.9 Å². The van der Waals surface area contributed by atoms with Crippen LogP contribution in [-0.2, 0) is 28.2 Å². The Bertz CT molecular complexity index is 3200. The molecular weight excluding hydrogens is 798 g/mol. The number of nitrogens with zero attached hydrogens (tertiary/aromatic N) is 3. The van der Waals surface area contributed by atoms with Crippen molar-refractivity contribution in [2.75, 3.05) is 14.7 Å². The molecule has 2 aliphatic carbocycles. The lowest BCUT2D eigenvalue weighted by Crippen LogP contribution is -2.64. The fraction of sp³-hybridized carbons (Fsp3) is 0.323. The summed E-state index contributed by atoms with van der Waals surface area (Å²) in [7, 11) is 0. The van der Waals surface area contributed by atoms with Crippen LogP contribution in [0.4, 0.5) is 39.8 Å². The van der Waals surface area contributed by atoms with Gasteiger partial charge >= 0.3 is 0 Å². The van der Waals surface area contributed by atoms with Crippen LogP contribution in [0.15, 0.2) is 140 Å². The second-order valence-corrected chi connectivity index (χ2v) is 22.9. The molecule has 0 aromatic heterocycles. The summed E-state index contributed by atoms with van der Waals surface area (Å²) in [6, 6.07) is 55.1. The maximum Gasteiger partial charge on any atom is 0.252 e. The highest BCUT2D eigenvalue weighted by molar-refractivity contribution is 7.00. The molecule has 4 heterocycles. The van der Waals surface area contributed by atoms with Gasteiger partial charge in [0.1, 0.15) is 0 Å². The van der Waals surface area contributed by atoms with Crippen LogP contribution in [-0.4, -0.2) is 12.3 Å². The second-order valence-electron chi connectivity index (χ2n) is 22.9. The summed E-state index contributed by atoms with van der Waals surface area (Å²) < 4.78 is 0. The SMILES string of the molecule is Cc1ccc(N2c3ccc(C)cc3B3c4cc(C(C)(C)C)cc5c4N(c4cc(N6c7ccc(-c8ccccc8)cc7C7(C)CCCCC67C)cc2c43)C2(C)c3ccccc3CCC52C)cc1. The molecule has 4 atom stereocenters. The Kier molecular flexibility index (Phi) is 8.14. The average Bonchev–Trinajstić information content (AvgIpc) is 3.66. The number of hydrogen-bond donors (Lipinski definition) is 0. The van der Waals surface area contributed by atoms with Crippen molar-refractivity contribution < 1.29 is 0 Å². The molecule has 3 nitrogen and oxygen atoms in total. The molecular formula is C62H62BN3. The summed E-state index contributed by atoms with van der Waals surface area (Å²) in [5, 5.41) is 0. The van der Waals surface area contributed by atoms with Crippen molar-refractivity contribution in [2.24, 2.45) is 0 Å². The zero-order valence-electron chi connectivity index (χ0n) is 40.4. The van der Waals surface area contributed by atoms with Crippen molar-refractivity contribution in [3.63, 3.8) is 0 Å². The van der Waals surface area contributed by atoms with Gasteiger partial charge in [-0.3, -0.25) is 0 Å². The first kappa shape index (κ1) is 40.3. The Balaban J connectivity index is 1.16. The molecule has 13 rings (SSSR count). The number of anilines is 7. The van der Waals surface area contributed by atoms with Crippen LogP contribution in [0.2, 0.25) is 0 Å². The van der Waals surface area contributed by atoms with E-state index in [1.54, 1.807) is 0 Å². The van der Waals surface area contributed by atoms with Crippen molar-refractivity contribution in [1.29, 1.82) is 0 Å². The fourth-order valence-electron chi connectivity index (χ4n) is 14.5. The van der Waals surface area contributed by atoms with Gasteiger partial charge < -0.3 is 14.7 Å². The molecule has 0 bridgehead atoms. The van der Waals surface area contributed by atoms with Crippen LogP contribution in [0.1, 0.15) is 120 Å². The molecule has 66 heavy (non-hydrogen) atoms. The molecule has 4 heteroatoms. The molecule has 7 aromatic rings. The van der Waals surface area contributed by atoms with Gasteiger partial charge in [0.05, 0.1) is 11.1 Å². The van der Waals surface area contributed by atoms with Crippen LogP contribution in [0.5, 0.6) is 0 Å². The van der Waals surface area contributed by atoms with Crippen molar-refractivity contribution in [3.05, 3.63) is 178 Å². The molecule has 0 amide bonds. The normalized spacial score (nSPS) is 25.1. The molecule has 7 aromatic carbocycles. The first-order valence-electron chi connectivity index (χ1n) is 24.9. The van der Waals surface area contributed by atoms with E-state index in [1.165, 1.54) is 126 Å². The van der Waals surface area contributed by atoms with E-state index in [9.17, 15) is 0 Å². The van der Waals surface area contributed by atoms with E-state index in [0.29, 0.717) is 0 Å². The van der Waals surface area contributed by atoms with Gasteiger partial charge in [-0.1, -0.05) is 156 Å². The lowest BCUT2D eigenvalue weighted by atomic mass is 9.33. The van der Waals surface area contributed by atoms with Gasteiger partial charge in [0.25, 0.3) is 6.71 Å².